The van der Waals surface area contributed by atoms with Crippen LogP contribution in [0.1, 0.15) is 17.9 Å². The normalized spacial score (nSPS) is 20.3. The monoisotopic (exact) mass is 490 g/mol. The Morgan fingerprint density at radius 3 is 2.89 bits per heavy atom. The molecule has 1 fully saturated rings. The van der Waals surface area contributed by atoms with E-state index in [1.807, 2.05) is 24.3 Å². The summed E-state index contributed by atoms with van der Waals surface area (Å²) in [7, 11) is 1.62. The molecule has 3 aliphatic rings. The predicted octanol–water partition coefficient (Wildman–Crippen LogP) is 3.06. The molecule has 0 aliphatic carbocycles. The zero-order valence-electron chi connectivity index (χ0n) is 19.8. The third kappa shape index (κ3) is 4.13. The van der Waals surface area contributed by atoms with Crippen molar-refractivity contribution >= 4 is 34.3 Å². The number of hydrogen-bond acceptors (Lipinski definition) is 8. The molecule has 3 aliphatic heterocycles. The van der Waals surface area contributed by atoms with E-state index < -0.39 is 6.09 Å². The molecule has 186 valence electrons. The minimum atomic E-state index is -0.408. The lowest BCUT2D eigenvalue weighted by Gasteiger charge is -2.20. The Hall–Kier alpha value is -4.05. The fourth-order valence-electron chi connectivity index (χ4n) is 4.93. The fraction of sp³-hybridized carbons (Fsp3) is 0.346. The minimum absolute atomic E-state index is 0.00859. The van der Waals surface area contributed by atoms with Gasteiger partial charge in [0.1, 0.15) is 17.6 Å². The van der Waals surface area contributed by atoms with E-state index in [1.165, 1.54) is 0 Å². The van der Waals surface area contributed by atoms with Gasteiger partial charge in [0.15, 0.2) is 6.61 Å². The molecule has 6 rings (SSSR count). The van der Waals surface area contributed by atoms with E-state index in [-0.39, 0.29) is 24.5 Å². The maximum absolute atomic E-state index is 12.5. The molecule has 10 nitrogen and oxygen atoms in total. The minimum Gasteiger partial charge on any atom is -0.493 e. The van der Waals surface area contributed by atoms with Gasteiger partial charge in [0.2, 0.25) is 5.88 Å². The highest BCUT2D eigenvalue weighted by Crippen LogP contribution is 2.40. The van der Waals surface area contributed by atoms with Crippen molar-refractivity contribution < 1.29 is 28.5 Å². The molecule has 4 heterocycles. The number of methoxy groups -OCH3 is 1. The van der Waals surface area contributed by atoms with E-state index in [9.17, 15) is 9.59 Å². The second-order valence-electron chi connectivity index (χ2n) is 9.04. The van der Waals surface area contributed by atoms with Gasteiger partial charge in [-0.1, -0.05) is 0 Å². The van der Waals surface area contributed by atoms with Gasteiger partial charge < -0.3 is 29.6 Å². The van der Waals surface area contributed by atoms with E-state index in [0.717, 1.165) is 35.2 Å². The van der Waals surface area contributed by atoms with Crippen LogP contribution in [0.5, 0.6) is 17.4 Å². The van der Waals surface area contributed by atoms with Crippen LogP contribution in [0.4, 0.5) is 16.2 Å². The van der Waals surface area contributed by atoms with E-state index in [0.29, 0.717) is 42.7 Å². The number of nitrogens with zero attached hydrogens (tertiary/aromatic N) is 2. The summed E-state index contributed by atoms with van der Waals surface area (Å²) >= 11 is 0. The van der Waals surface area contributed by atoms with Crippen LogP contribution < -0.4 is 29.7 Å². The highest BCUT2D eigenvalue weighted by atomic mass is 16.6. The first-order valence-corrected chi connectivity index (χ1v) is 11.9. The maximum atomic E-state index is 12.5. The molecule has 3 aromatic rings. The summed E-state index contributed by atoms with van der Waals surface area (Å²) < 4.78 is 22.2. The molecule has 1 aromatic heterocycles. The Morgan fingerprint density at radius 2 is 2.00 bits per heavy atom. The first-order chi connectivity index (χ1) is 17.6. The molecule has 2 amide bonds. The summed E-state index contributed by atoms with van der Waals surface area (Å²) in [5.41, 5.74) is 3.25. The van der Waals surface area contributed by atoms with Gasteiger partial charge in [-0.05, 0) is 49.4 Å². The molecular weight excluding hydrogens is 464 g/mol. The number of cyclic esters (lactones) is 1. The van der Waals surface area contributed by atoms with Crippen molar-refractivity contribution in [2.45, 2.75) is 18.4 Å². The van der Waals surface area contributed by atoms with Crippen LogP contribution in [0, 0.1) is 0 Å². The predicted molar refractivity (Wildman–Crippen MR) is 132 cm³/mol. The number of nitrogens with one attached hydrogen (secondary N) is 2. The van der Waals surface area contributed by atoms with Crippen LogP contribution >= 0.6 is 0 Å². The Labute approximate surface area is 207 Å². The highest BCUT2D eigenvalue weighted by Gasteiger charge is 2.33. The fourth-order valence-corrected chi connectivity index (χ4v) is 4.93. The van der Waals surface area contributed by atoms with Gasteiger partial charge in [0, 0.05) is 35.2 Å². The van der Waals surface area contributed by atoms with E-state index in [1.54, 1.807) is 30.2 Å². The molecule has 2 atom stereocenters. The number of amides is 2. The van der Waals surface area contributed by atoms with Gasteiger partial charge in [0.05, 0.1) is 31.5 Å². The van der Waals surface area contributed by atoms with Crippen LogP contribution in [0.15, 0.2) is 42.5 Å². The van der Waals surface area contributed by atoms with Crippen molar-refractivity contribution in [1.82, 2.24) is 10.3 Å². The lowest BCUT2D eigenvalue weighted by atomic mass is 9.95. The summed E-state index contributed by atoms with van der Waals surface area (Å²) in [6.07, 6.45) is 0.174. The summed E-state index contributed by atoms with van der Waals surface area (Å²) in [4.78, 5) is 30.3. The van der Waals surface area contributed by atoms with Crippen molar-refractivity contribution in [2.24, 2.45) is 0 Å². The number of aromatic nitrogens is 1. The van der Waals surface area contributed by atoms with Gasteiger partial charge in [-0.3, -0.25) is 9.69 Å². The summed E-state index contributed by atoms with van der Waals surface area (Å²) in [6, 6.07) is 13.2. The largest absolute Gasteiger partial charge is 0.493 e. The molecule has 0 spiro atoms. The first kappa shape index (κ1) is 22.4. The van der Waals surface area contributed by atoms with Crippen molar-refractivity contribution in [3.05, 3.63) is 48.0 Å². The van der Waals surface area contributed by atoms with E-state index in [2.05, 4.69) is 15.6 Å². The van der Waals surface area contributed by atoms with E-state index in [4.69, 9.17) is 18.9 Å². The van der Waals surface area contributed by atoms with Crippen LogP contribution in [0.3, 0.4) is 0 Å². The van der Waals surface area contributed by atoms with Crippen LogP contribution in [-0.4, -0.2) is 63.0 Å². The molecule has 36 heavy (non-hydrogen) atoms. The molecule has 1 saturated heterocycles. The number of carbonyl (C=O) groups excluding carboxylic acids is 2. The molecule has 2 unspecified atom stereocenters. The lowest BCUT2D eigenvalue weighted by molar-refractivity contribution is -0.118. The number of fused-ring (bicyclic) bond motifs is 4. The van der Waals surface area contributed by atoms with Crippen LogP contribution in [0.25, 0.3) is 10.9 Å². The summed E-state index contributed by atoms with van der Waals surface area (Å²) in [5, 5.41) is 7.25. The zero-order chi connectivity index (χ0) is 24.6. The number of benzene rings is 2. The molecule has 2 N–H and O–H groups in total. The number of anilines is 2. The smallest absolute Gasteiger partial charge is 0.414 e. The molecule has 10 heteroatoms. The standard InChI is InChI=1S/C26H26N4O6/c1-33-23-7-3-15-2-5-21-24(25(15)29-23)16(13-34-21)8-9-27-11-18-12-30(26(32)36-18)17-4-6-20-19(10-17)28-22(31)14-35-20/h2-7,10,16,18,27H,8-9,11-14H2,1H3,(H,28,31). The second kappa shape index (κ2) is 9.19. The van der Waals surface area contributed by atoms with Gasteiger partial charge in [-0.15, -0.1) is 0 Å². The Morgan fingerprint density at radius 1 is 1.14 bits per heavy atom. The lowest BCUT2D eigenvalue weighted by Crippen LogP contribution is -2.32. The molecule has 0 bridgehead atoms. The van der Waals surface area contributed by atoms with Crippen molar-refractivity contribution in [3.8, 4) is 17.4 Å². The van der Waals surface area contributed by atoms with E-state index >= 15 is 0 Å². The topological polar surface area (TPSA) is 111 Å². The third-order valence-electron chi connectivity index (χ3n) is 6.72. The van der Waals surface area contributed by atoms with Crippen molar-refractivity contribution in [2.75, 3.05) is 50.2 Å². The average Bonchev–Trinajstić information content (AvgIpc) is 3.49. The van der Waals surface area contributed by atoms with Gasteiger partial charge in [-0.25, -0.2) is 9.78 Å². The first-order valence-electron chi connectivity index (χ1n) is 11.9. The Kier molecular flexibility index (Phi) is 5.73. The Balaban J connectivity index is 1.05. The molecular formula is C26H26N4O6. The van der Waals surface area contributed by atoms with Crippen molar-refractivity contribution in [3.63, 3.8) is 0 Å². The van der Waals surface area contributed by atoms with Gasteiger partial charge >= 0.3 is 6.09 Å². The average molecular weight is 491 g/mol. The van der Waals surface area contributed by atoms with Gasteiger partial charge in [0.25, 0.3) is 5.91 Å². The zero-order valence-corrected chi connectivity index (χ0v) is 19.8. The number of rotatable bonds is 7. The van der Waals surface area contributed by atoms with Crippen molar-refractivity contribution in [1.29, 1.82) is 0 Å². The third-order valence-corrected chi connectivity index (χ3v) is 6.72. The highest BCUT2D eigenvalue weighted by molar-refractivity contribution is 5.97. The maximum Gasteiger partial charge on any atom is 0.414 e. The second-order valence-corrected chi connectivity index (χ2v) is 9.04. The Bertz CT molecular complexity index is 1350. The molecule has 0 saturated carbocycles. The number of pyridine rings is 1. The number of ether oxygens (including phenoxy) is 4. The summed E-state index contributed by atoms with van der Waals surface area (Å²) in [5.74, 6) is 2.04. The van der Waals surface area contributed by atoms with Gasteiger partial charge in [-0.2, -0.15) is 0 Å². The molecule has 2 aromatic carbocycles. The quantitative estimate of drug-likeness (QED) is 0.486. The SMILES string of the molecule is COc1ccc2ccc3c(c2n1)C(CCNCC1CN(c2ccc4c(c2)NC(=O)CO4)C(=O)O1)CO3. The summed E-state index contributed by atoms with van der Waals surface area (Å²) in [6.45, 7) is 2.30. The number of hydrogen-bond donors (Lipinski definition) is 2. The van der Waals surface area contributed by atoms with Crippen LogP contribution in [0.2, 0.25) is 0 Å². The van der Waals surface area contributed by atoms with Crippen LogP contribution in [-0.2, 0) is 9.53 Å². The number of carbonyl (C=O) groups is 2. The molecule has 0 radical (unpaired) electrons.